The van der Waals surface area contributed by atoms with E-state index in [1.165, 1.54) is 6.26 Å². The molecule has 0 spiro atoms. The third kappa shape index (κ3) is 5.10. The van der Waals surface area contributed by atoms with Gasteiger partial charge in [-0.1, -0.05) is 67.9 Å². The van der Waals surface area contributed by atoms with Crippen LogP contribution < -0.4 is 15.5 Å². The molecule has 0 aliphatic carbocycles. The molecule has 5 nitrogen and oxygen atoms in total. The highest BCUT2D eigenvalue weighted by molar-refractivity contribution is 5.91. The summed E-state index contributed by atoms with van der Waals surface area (Å²) in [6.45, 7) is 2.83. The molecule has 0 unspecified atom stereocenters. The summed E-state index contributed by atoms with van der Waals surface area (Å²) in [5.41, 5.74) is 2.84. The van der Waals surface area contributed by atoms with E-state index in [0.717, 1.165) is 35.6 Å². The highest BCUT2D eigenvalue weighted by atomic mass is 16.5. The van der Waals surface area contributed by atoms with E-state index in [9.17, 15) is 9.59 Å². The molecule has 0 aliphatic heterocycles. The largest absolute Gasteiger partial charge is 0.487 e. The molecular weight excluding hydrogens is 354 g/mol. The predicted molar refractivity (Wildman–Crippen MR) is 108 cm³/mol. The van der Waals surface area contributed by atoms with Crippen LogP contribution in [0.2, 0.25) is 0 Å². The number of hydrogen-bond donors (Lipinski definition) is 1. The zero-order valence-corrected chi connectivity index (χ0v) is 15.8. The monoisotopic (exact) mass is 377 g/mol. The summed E-state index contributed by atoms with van der Waals surface area (Å²) in [7, 11) is 0. The third-order valence-electron chi connectivity index (χ3n) is 4.29. The molecule has 1 N–H and O–H groups in total. The van der Waals surface area contributed by atoms with Gasteiger partial charge in [0.05, 0.1) is 6.61 Å². The maximum Gasteiger partial charge on any atom is 0.287 e. The van der Waals surface area contributed by atoms with Crippen molar-refractivity contribution in [1.29, 1.82) is 0 Å². The zero-order chi connectivity index (χ0) is 19.8. The van der Waals surface area contributed by atoms with Crippen molar-refractivity contribution in [2.75, 3.05) is 6.61 Å². The van der Waals surface area contributed by atoms with Crippen molar-refractivity contribution in [1.82, 2.24) is 5.32 Å². The van der Waals surface area contributed by atoms with E-state index in [2.05, 4.69) is 17.4 Å². The van der Waals surface area contributed by atoms with Crippen LogP contribution in [-0.2, 0) is 6.54 Å². The van der Waals surface area contributed by atoms with Crippen molar-refractivity contribution in [2.24, 2.45) is 0 Å². The molecule has 2 aromatic carbocycles. The lowest BCUT2D eigenvalue weighted by Gasteiger charge is -2.07. The lowest BCUT2D eigenvalue weighted by Crippen LogP contribution is -2.24. The molecule has 0 aliphatic rings. The summed E-state index contributed by atoms with van der Waals surface area (Å²) >= 11 is 0. The quantitative estimate of drug-likeness (QED) is 0.590. The van der Waals surface area contributed by atoms with Gasteiger partial charge in [0.2, 0.25) is 11.2 Å². The Morgan fingerprint density at radius 2 is 1.75 bits per heavy atom. The summed E-state index contributed by atoms with van der Waals surface area (Å²) in [5.74, 6) is -0.348. The third-order valence-corrected chi connectivity index (χ3v) is 4.29. The zero-order valence-electron chi connectivity index (χ0n) is 15.8. The normalized spacial score (nSPS) is 10.5. The van der Waals surface area contributed by atoms with E-state index in [4.69, 9.17) is 9.15 Å². The maximum absolute atomic E-state index is 12.2. The smallest absolute Gasteiger partial charge is 0.287 e. The van der Waals surface area contributed by atoms with Gasteiger partial charge in [0.1, 0.15) is 6.26 Å². The van der Waals surface area contributed by atoms with Gasteiger partial charge in [0.15, 0.2) is 5.76 Å². The van der Waals surface area contributed by atoms with Gasteiger partial charge < -0.3 is 14.5 Å². The minimum Gasteiger partial charge on any atom is -0.487 e. The highest BCUT2D eigenvalue weighted by Crippen LogP contribution is 2.19. The predicted octanol–water partition coefficient (Wildman–Crippen LogP) is 4.42. The second kappa shape index (κ2) is 9.55. The van der Waals surface area contributed by atoms with Gasteiger partial charge in [0.25, 0.3) is 5.91 Å². The van der Waals surface area contributed by atoms with E-state index < -0.39 is 5.91 Å². The Labute approximate surface area is 164 Å². The number of carbonyl (C=O) groups excluding carboxylic acids is 1. The van der Waals surface area contributed by atoms with E-state index in [1.54, 1.807) is 0 Å². The minimum absolute atomic E-state index is 0.0336. The summed E-state index contributed by atoms with van der Waals surface area (Å²) in [6, 6.07) is 19.2. The molecule has 1 heterocycles. The molecule has 0 saturated carbocycles. The molecule has 0 fully saturated rings. The molecule has 3 rings (SSSR count). The van der Waals surface area contributed by atoms with E-state index in [-0.39, 0.29) is 16.9 Å². The number of rotatable bonds is 8. The molecule has 28 heavy (non-hydrogen) atoms. The first-order chi connectivity index (χ1) is 13.7. The number of hydrogen-bond acceptors (Lipinski definition) is 4. The van der Waals surface area contributed by atoms with Crippen molar-refractivity contribution in [2.45, 2.75) is 26.3 Å². The van der Waals surface area contributed by atoms with Crippen LogP contribution in [0.4, 0.5) is 0 Å². The lowest BCUT2D eigenvalue weighted by molar-refractivity contribution is 0.0919. The number of unbranched alkanes of at least 4 members (excludes halogenated alkanes) is 1. The number of benzene rings is 2. The van der Waals surface area contributed by atoms with Crippen LogP contribution in [0.3, 0.4) is 0 Å². The molecular formula is C23H23NO4. The first kappa shape index (κ1) is 19.4. The van der Waals surface area contributed by atoms with Crippen molar-refractivity contribution in [3.8, 4) is 16.9 Å². The molecule has 1 aromatic heterocycles. The maximum atomic E-state index is 12.2. The Morgan fingerprint density at radius 1 is 1.04 bits per heavy atom. The first-order valence-electron chi connectivity index (χ1n) is 9.35. The van der Waals surface area contributed by atoms with Crippen molar-refractivity contribution < 1.29 is 13.9 Å². The van der Waals surface area contributed by atoms with Crippen molar-refractivity contribution in [3.63, 3.8) is 0 Å². The number of nitrogens with one attached hydrogen (secondary N) is 1. The Bertz CT molecular complexity index is 962. The second-order valence-electron chi connectivity index (χ2n) is 6.42. The topological polar surface area (TPSA) is 68.5 Å². The number of carbonyl (C=O) groups is 1. The van der Waals surface area contributed by atoms with Crippen LogP contribution in [-0.4, -0.2) is 12.5 Å². The average molecular weight is 377 g/mol. The Balaban J connectivity index is 1.58. The highest BCUT2D eigenvalue weighted by Gasteiger charge is 2.12. The van der Waals surface area contributed by atoms with Crippen LogP contribution in [0.15, 0.2) is 76.1 Å². The van der Waals surface area contributed by atoms with Crippen molar-refractivity contribution >= 4 is 5.91 Å². The molecule has 0 radical (unpaired) electrons. The Hall–Kier alpha value is -3.34. The Kier molecular flexibility index (Phi) is 6.63. The van der Waals surface area contributed by atoms with Gasteiger partial charge in [-0.15, -0.1) is 0 Å². The molecule has 0 saturated heterocycles. The van der Waals surface area contributed by atoms with Gasteiger partial charge in [-0.05, 0) is 23.1 Å². The van der Waals surface area contributed by atoms with Crippen LogP contribution >= 0.6 is 0 Å². The fourth-order valence-electron chi connectivity index (χ4n) is 2.67. The summed E-state index contributed by atoms with van der Waals surface area (Å²) in [5, 5.41) is 2.76. The summed E-state index contributed by atoms with van der Waals surface area (Å²) in [6.07, 6.45) is 3.02. The fraction of sp³-hybridized carbons (Fsp3) is 0.217. The van der Waals surface area contributed by atoms with Crippen molar-refractivity contribution in [3.05, 3.63) is 88.5 Å². The van der Waals surface area contributed by atoms with Crippen LogP contribution in [0.25, 0.3) is 11.1 Å². The van der Waals surface area contributed by atoms with Crippen LogP contribution in [0.1, 0.15) is 35.9 Å². The first-order valence-corrected chi connectivity index (χ1v) is 9.35. The lowest BCUT2D eigenvalue weighted by atomic mass is 10.0. The standard InChI is InChI=1S/C23H23NO4/c1-2-3-13-27-22-16-28-21(14-20(22)25)23(26)24-15-17-9-11-19(12-10-17)18-7-5-4-6-8-18/h4-12,14,16H,2-3,13,15H2,1H3,(H,24,26). The van der Waals surface area contributed by atoms with Gasteiger partial charge in [-0.25, -0.2) is 0 Å². The van der Waals surface area contributed by atoms with Crippen LogP contribution in [0.5, 0.6) is 5.75 Å². The molecule has 144 valence electrons. The molecule has 0 atom stereocenters. The summed E-state index contributed by atoms with van der Waals surface area (Å²) < 4.78 is 10.6. The van der Waals surface area contributed by atoms with Gasteiger partial charge in [0, 0.05) is 12.6 Å². The van der Waals surface area contributed by atoms with Gasteiger partial charge >= 0.3 is 0 Å². The van der Waals surface area contributed by atoms with E-state index >= 15 is 0 Å². The summed E-state index contributed by atoms with van der Waals surface area (Å²) in [4.78, 5) is 24.3. The molecule has 0 bridgehead atoms. The SMILES string of the molecule is CCCCOc1coc(C(=O)NCc2ccc(-c3ccccc3)cc2)cc1=O. The Morgan fingerprint density at radius 3 is 2.43 bits per heavy atom. The number of amides is 1. The van der Waals surface area contributed by atoms with Gasteiger partial charge in [-0.2, -0.15) is 0 Å². The minimum atomic E-state index is -0.440. The molecule has 5 heteroatoms. The average Bonchev–Trinajstić information content (AvgIpc) is 2.74. The molecule has 1 amide bonds. The number of ether oxygens (including phenoxy) is 1. The van der Waals surface area contributed by atoms with E-state index in [1.807, 2.05) is 49.4 Å². The fourth-order valence-corrected chi connectivity index (χ4v) is 2.67. The molecule has 3 aromatic rings. The second-order valence-corrected chi connectivity index (χ2v) is 6.42. The van der Waals surface area contributed by atoms with E-state index in [0.29, 0.717) is 13.2 Å². The van der Waals surface area contributed by atoms with Gasteiger partial charge in [-0.3, -0.25) is 9.59 Å². The van der Waals surface area contributed by atoms with Crippen LogP contribution in [0, 0.1) is 0 Å².